The van der Waals surface area contributed by atoms with E-state index in [1.165, 1.54) is 25.7 Å². The standard InChI is InChI=1S/C15H31NO2/c1-6-8-9-10-11-15(5,7-2)13(4)18-14(17)12(3)16/h12-13H,6-11,16H2,1-5H3. The molecule has 3 nitrogen and oxygen atoms in total. The molecular weight excluding hydrogens is 226 g/mol. The van der Waals surface area contributed by atoms with Gasteiger partial charge in [-0.25, -0.2) is 0 Å². The Hall–Kier alpha value is -0.570. The van der Waals surface area contributed by atoms with E-state index in [0.29, 0.717) is 0 Å². The van der Waals surface area contributed by atoms with Gasteiger partial charge in [-0.1, -0.05) is 46.5 Å². The number of unbranched alkanes of at least 4 members (excludes halogenated alkanes) is 3. The smallest absolute Gasteiger partial charge is 0.322 e. The fraction of sp³-hybridized carbons (Fsp3) is 0.933. The largest absolute Gasteiger partial charge is 0.461 e. The van der Waals surface area contributed by atoms with Gasteiger partial charge < -0.3 is 10.5 Å². The molecule has 0 heterocycles. The molecule has 0 aromatic rings. The lowest BCUT2D eigenvalue weighted by Gasteiger charge is -2.34. The van der Waals surface area contributed by atoms with Crippen LogP contribution in [0.25, 0.3) is 0 Å². The summed E-state index contributed by atoms with van der Waals surface area (Å²) in [7, 11) is 0. The zero-order chi connectivity index (χ0) is 14.2. The van der Waals surface area contributed by atoms with Crippen molar-refractivity contribution in [2.24, 2.45) is 11.1 Å². The molecule has 0 aromatic heterocycles. The fourth-order valence-corrected chi connectivity index (χ4v) is 2.05. The maximum Gasteiger partial charge on any atom is 0.322 e. The van der Waals surface area contributed by atoms with Crippen LogP contribution in [0.1, 0.15) is 73.1 Å². The van der Waals surface area contributed by atoms with Crippen molar-refractivity contribution in [1.82, 2.24) is 0 Å². The van der Waals surface area contributed by atoms with Gasteiger partial charge in [-0.3, -0.25) is 4.79 Å². The van der Waals surface area contributed by atoms with E-state index in [9.17, 15) is 4.79 Å². The molecule has 0 amide bonds. The highest BCUT2D eigenvalue weighted by molar-refractivity contribution is 5.75. The molecule has 0 radical (unpaired) electrons. The molecule has 3 atom stereocenters. The fourth-order valence-electron chi connectivity index (χ4n) is 2.05. The second kappa shape index (κ2) is 8.52. The van der Waals surface area contributed by atoms with Crippen LogP contribution >= 0.6 is 0 Å². The number of nitrogens with two attached hydrogens (primary N) is 1. The minimum absolute atomic E-state index is 0.0670. The highest BCUT2D eigenvalue weighted by Crippen LogP contribution is 2.34. The molecule has 0 aromatic carbocycles. The molecule has 0 aliphatic rings. The lowest BCUT2D eigenvalue weighted by atomic mass is 9.77. The van der Waals surface area contributed by atoms with Crippen molar-refractivity contribution < 1.29 is 9.53 Å². The van der Waals surface area contributed by atoms with Gasteiger partial charge >= 0.3 is 5.97 Å². The van der Waals surface area contributed by atoms with E-state index in [0.717, 1.165) is 12.8 Å². The molecule has 108 valence electrons. The Morgan fingerprint density at radius 1 is 1.22 bits per heavy atom. The summed E-state index contributed by atoms with van der Waals surface area (Å²) in [5.41, 5.74) is 5.60. The molecule has 0 saturated carbocycles. The summed E-state index contributed by atoms with van der Waals surface area (Å²) in [6.07, 6.45) is 7.07. The second-order valence-corrected chi connectivity index (χ2v) is 5.69. The minimum Gasteiger partial charge on any atom is -0.461 e. The first-order chi connectivity index (χ1) is 8.37. The number of esters is 1. The van der Waals surface area contributed by atoms with Gasteiger partial charge in [0, 0.05) is 5.41 Å². The molecule has 3 heteroatoms. The third-order valence-electron chi connectivity index (χ3n) is 4.06. The van der Waals surface area contributed by atoms with Crippen molar-refractivity contribution in [3.05, 3.63) is 0 Å². The molecule has 0 fully saturated rings. The van der Waals surface area contributed by atoms with E-state index < -0.39 is 6.04 Å². The zero-order valence-electron chi connectivity index (χ0n) is 12.8. The third-order valence-corrected chi connectivity index (χ3v) is 4.06. The molecule has 0 spiro atoms. The summed E-state index contributed by atoms with van der Waals surface area (Å²) >= 11 is 0. The molecular formula is C15H31NO2. The van der Waals surface area contributed by atoms with Gasteiger partial charge in [0.2, 0.25) is 0 Å². The molecule has 18 heavy (non-hydrogen) atoms. The molecule has 0 rings (SSSR count). The van der Waals surface area contributed by atoms with Crippen LogP contribution in [-0.2, 0) is 9.53 Å². The topological polar surface area (TPSA) is 52.3 Å². The summed E-state index contributed by atoms with van der Waals surface area (Å²) in [6.45, 7) is 10.2. The lowest BCUT2D eigenvalue weighted by Crippen LogP contribution is -2.38. The van der Waals surface area contributed by atoms with Crippen LogP contribution in [0.3, 0.4) is 0 Å². The van der Waals surface area contributed by atoms with Gasteiger partial charge in [-0.15, -0.1) is 0 Å². The molecule has 2 N–H and O–H groups in total. The Balaban J connectivity index is 4.29. The normalized spacial score (nSPS) is 17.9. The molecule has 0 aliphatic carbocycles. The quantitative estimate of drug-likeness (QED) is 0.506. The summed E-state index contributed by atoms with van der Waals surface area (Å²) in [4.78, 5) is 11.5. The van der Waals surface area contributed by atoms with Crippen LogP contribution in [0.4, 0.5) is 0 Å². The predicted molar refractivity (Wildman–Crippen MR) is 76.4 cm³/mol. The van der Waals surface area contributed by atoms with Crippen molar-refractivity contribution in [3.63, 3.8) is 0 Å². The van der Waals surface area contributed by atoms with Crippen molar-refractivity contribution in [1.29, 1.82) is 0 Å². The Morgan fingerprint density at radius 3 is 2.28 bits per heavy atom. The van der Waals surface area contributed by atoms with E-state index in [4.69, 9.17) is 10.5 Å². The summed E-state index contributed by atoms with van der Waals surface area (Å²) < 4.78 is 5.46. The van der Waals surface area contributed by atoms with Gasteiger partial charge in [-0.2, -0.15) is 0 Å². The van der Waals surface area contributed by atoms with Gasteiger partial charge in [0.1, 0.15) is 12.1 Å². The first-order valence-electron chi connectivity index (χ1n) is 7.33. The monoisotopic (exact) mass is 257 g/mol. The summed E-state index contributed by atoms with van der Waals surface area (Å²) in [5.74, 6) is -0.296. The van der Waals surface area contributed by atoms with Crippen LogP contribution in [-0.4, -0.2) is 18.1 Å². The number of rotatable bonds is 9. The number of hydrogen-bond acceptors (Lipinski definition) is 3. The van der Waals surface area contributed by atoms with Crippen LogP contribution < -0.4 is 5.73 Å². The lowest BCUT2D eigenvalue weighted by molar-refractivity contribution is -0.156. The van der Waals surface area contributed by atoms with Crippen LogP contribution in [0.15, 0.2) is 0 Å². The molecule has 0 aliphatic heterocycles. The first-order valence-corrected chi connectivity index (χ1v) is 7.33. The third kappa shape index (κ3) is 5.85. The maximum atomic E-state index is 11.5. The number of carbonyl (C=O) groups is 1. The highest BCUT2D eigenvalue weighted by Gasteiger charge is 2.32. The van der Waals surface area contributed by atoms with Gasteiger partial charge in [0.15, 0.2) is 0 Å². The van der Waals surface area contributed by atoms with Crippen LogP contribution in [0, 0.1) is 5.41 Å². The van der Waals surface area contributed by atoms with E-state index >= 15 is 0 Å². The van der Waals surface area contributed by atoms with Crippen molar-refractivity contribution in [2.45, 2.75) is 85.3 Å². The zero-order valence-corrected chi connectivity index (χ0v) is 12.8. The van der Waals surface area contributed by atoms with E-state index in [-0.39, 0.29) is 17.5 Å². The van der Waals surface area contributed by atoms with E-state index in [2.05, 4.69) is 20.8 Å². The molecule has 0 bridgehead atoms. The first kappa shape index (κ1) is 17.4. The van der Waals surface area contributed by atoms with E-state index in [1.54, 1.807) is 6.92 Å². The summed E-state index contributed by atoms with van der Waals surface area (Å²) in [5, 5.41) is 0. The second-order valence-electron chi connectivity index (χ2n) is 5.69. The Bertz CT molecular complexity index is 241. The van der Waals surface area contributed by atoms with Gasteiger partial charge in [0.05, 0.1) is 0 Å². The Morgan fingerprint density at radius 2 is 1.83 bits per heavy atom. The number of carbonyl (C=O) groups excluding carboxylic acids is 1. The number of hydrogen-bond donors (Lipinski definition) is 1. The van der Waals surface area contributed by atoms with Crippen LogP contribution in [0.2, 0.25) is 0 Å². The van der Waals surface area contributed by atoms with E-state index in [1.807, 2.05) is 6.92 Å². The highest BCUT2D eigenvalue weighted by atomic mass is 16.5. The molecule has 3 unspecified atom stereocenters. The predicted octanol–water partition coefficient (Wildman–Crippen LogP) is 3.65. The summed E-state index contributed by atoms with van der Waals surface area (Å²) in [6, 6.07) is -0.534. The molecule has 0 saturated heterocycles. The van der Waals surface area contributed by atoms with Gasteiger partial charge in [0.25, 0.3) is 0 Å². The van der Waals surface area contributed by atoms with Crippen molar-refractivity contribution >= 4 is 5.97 Å². The Labute approximate surface area is 112 Å². The average Bonchev–Trinajstić information content (AvgIpc) is 2.34. The van der Waals surface area contributed by atoms with Crippen molar-refractivity contribution in [2.75, 3.05) is 0 Å². The van der Waals surface area contributed by atoms with Crippen molar-refractivity contribution in [3.8, 4) is 0 Å². The Kier molecular flexibility index (Phi) is 8.25. The number of ether oxygens (including phenoxy) is 1. The average molecular weight is 257 g/mol. The van der Waals surface area contributed by atoms with Gasteiger partial charge in [-0.05, 0) is 26.7 Å². The maximum absolute atomic E-state index is 11.5. The van der Waals surface area contributed by atoms with Crippen LogP contribution in [0.5, 0.6) is 0 Å². The minimum atomic E-state index is -0.534. The SMILES string of the molecule is CCCCCCC(C)(CC)C(C)OC(=O)C(C)N.